The van der Waals surface area contributed by atoms with E-state index in [9.17, 15) is 18.0 Å². The van der Waals surface area contributed by atoms with Crippen LogP contribution < -0.4 is 16.2 Å². The highest BCUT2D eigenvalue weighted by atomic mass is 19.4. The number of rotatable bonds is 3. The molecule has 6 rings (SSSR count). The van der Waals surface area contributed by atoms with Gasteiger partial charge in [0.05, 0.1) is 28.2 Å². The van der Waals surface area contributed by atoms with Gasteiger partial charge in [-0.05, 0) is 37.1 Å². The highest BCUT2D eigenvalue weighted by Crippen LogP contribution is 2.38. The first kappa shape index (κ1) is 22.0. The lowest BCUT2D eigenvalue weighted by molar-refractivity contribution is -0.136. The Morgan fingerprint density at radius 2 is 1.83 bits per heavy atom. The minimum atomic E-state index is -4.71. The molecule has 1 fully saturated rings. The van der Waals surface area contributed by atoms with Gasteiger partial charge in [0.15, 0.2) is 11.5 Å². The lowest BCUT2D eigenvalue weighted by Gasteiger charge is -2.28. The molecule has 12 heteroatoms. The molecule has 0 aliphatic carbocycles. The molecule has 0 saturated carbocycles. The molecule has 3 aromatic heterocycles. The molecule has 1 unspecified atom stereocenters. The Bertz CT molecular complexity index is 1660. The molecule has 0 amide bonds. The van der Waals surface area contributed by atoms with E-state index in [1.54, 1.807) is 42.7 Å². The Kier molecular flexibility index (Phi) is 4.92. The van der Waals surface area contributed by atoms with Crippen molar-refractivity contribution in [3.63, 3.8) is 0 Å². The molecule has 0 radical (unpaired) electrons. The number of para-hydroxylation sites is 1. The number of imidazole rings is 1. The van der Waals surface area contributed by atoms with Gasteiger partial charge in [-0.15, -0.1) is 5.10 Å². The van der Waals surface area contributed by atoms with Gasteiger partial charge >= 0.3 is 6.18 Å². The van der Waals surface area contributed by atoms with Crippen molar-refractivity contribution in [1.82, 2.24) is 29.1 Å². The second-order valence-electron chi connectivity index (χ2n) is 8.48. The van der Waals surface area contributed by atoms with Gasteiger partial charge in [0.1, 0.15) is 5.82 Å². The minimum absolute atomic E-state index is 0.0167. The van der Waals surface area contributed by atoms with E-state index in [0.29, 0.717) is 35.9 Å². The number of fused-ring (bicyclic) bond motifs is 2. The van der Waals surface area contributed by atoms with Gasteiger partial charge in [-0.1, -0.05) is 24.3 Å². The second-order valence-corrected chi connectivity index (χ2v) is 8.48. The van der Waals surface area contributed by atoms with Crippen LogP contribution in [0.4, 0.5) is 24.9 Å². The summed E-state index contributed by atoms with van der Waals surface area (Å²) < 4.78 is 44.3. The zero-order valence-corrected chi connectivity index (χ0v) is 18.7. The van der Waals surface area contributed by atoms with Crippen molar-refractivity contribution in [2.24, 2.45) is 0 Å². The fourth-order valence-electron chi connectivity index (χ4n) is 4.84. The Labute approximate surface area is 201 Å². The third-order valence-electron chi connectivity index (χ3n) is 6.32. The van der Waals surface area contributed by atoms with Crippen molar-refractivity contribution >= 4 is 28.3 Å². The first-order valence-electron chi connectivity index (χ1n) is 11.2. The molecule has 0 bridgehead atoms. The summed E-state index contributed by atoms with van der Waals surface area (Å²) in [5, 5.41) is 3.67. The number of aromatic nitrogens is 6. The molecule has 1 atom stereocenters. The summed E-state index contributed by atoms with van der Waals surface area (Å²) in [6.07, 6.45) is -0.145. The van der Waals surface area contributed by atoms with E-state index in [1.165, 1.54) is 21.2 Å². The Morgan fingerprint density at radius 3 is 2.61 bits per heavy atom. The molecule has 9 nitrogen and oxygen atoms in total. The van der Waals surface area contributed by atoms with Crippen molar-refractivity contribution in [2.45, 2.75) is 25.1 Å². The van der Waals surface area contributed by atoms with Crippen LogP contribution in [0.2, 0.25) is 0 Å². The van der Waals surface area contributed by atoms with E-state index in [0.717, 1.165) is 12.5 Å². The van der Waals surface area contributed by atoms with E-state index < -0.39 is 28.7 Å². The summed E-state index contributed by atoms with van der Waals surface area (Å²) in [6, 6.07) is 11.7. The molecule has 5 aromatic rings. The summed E-state index contributed by atoms with van der Waals surface area (Å²) in [7, 11) is 0. The average Bonchev–Trinajstić information content (AvgIpc) is 3.53. The van der Waals surface area contributed by atoms with E-state index in [2.05, 4.69) is 20.1 Å². The maximum Gasteiger partial charge on any atom is 0.417 e. The zero-order valence-electron chi connectivity index (χ0n) is 18.7. The summed E-state index contributed by atoms with van der Waals surface area (Å²) in [6.45, 7) is 0.564. The Hall–Kier alpha value is -4.48. The van der Waals surface area contributed by atoms with E-state index in [4.69, 9.17) is 5.73 Å². The molecule has 1 aliphatic heterocycles. The van der Waals surface area contributed by atoms with Crippen LogP contribution in [0.15, 0.2) is 65.7 Å². The van der Waals surface area contributed by atoms with Crippen LogP contribution in [-0.4, -0.2) is 35.7 Å². The maximum absolute atomic E-state index is 13.9. The normalized spacial score (nSPS) is 16.3. The molecule has 2 aromatic carbocycles. The predicted octanol–water partition coefficient (Wildman–Crippen LogP) is 3.77. The van der Waals surface area contributed by atoms with Crippen molar-refractivity contribution in [3.05, 3.63) is 82.7 Å². The van der Waals surface area contributed by atoms with Crippen LogP contribution in [-0.2, 0) is 6.18 Å². The third-order valence-corrected chi connectivity index (χ3v) is 6.32. The summed E-state index contributed by atoms with van der Waals surface area (Å²) in [4.78, 5) is 29.1. The predicted molar refractivity (Wildman–Crippen MR) is 127 cm³/mol. The number of nitrogens with zero attached hydrogens (tertiary/aromatic N) is 7. The second kappa shape index (κ2) is 8.04. The van der Waals surface area contributed by atoms with Crippen molar-refractivity contribution in [1.29, 1.82) is 0 Å². The molecule has 1 aliphatic rings. The van der Waals surface area contributed by atoms with Crippen LogP contribution in [0, 0.1) is 0 Å². The fraction of sp³-hybridized carbons (Fsp3) is 0.208. The van der Waals surface area contributed by atoms with Gasteiger partial charge < -0.3 is 10.6 Å². The van der Waals surface area contributed by atoms with E-state index >= 15 is 0 Å². The Balaban J connectivity index is 1.63. The molecule has 4 heterocycles. The summed E-state index contributed by atoms with van der Waals surface area (Å²) >= 11 is 0. The molecule has 0 spiro atoms. The zero-order chi connectivity index (χ0) is 25.0. The van der Waals surface area contributed by atoms with Gasteiger partial charge in [-0.3, -0.25) is 9.36 Å². The number of benzene rings is 2. The number of alkyl halides is 3. The van der Waals surface area contributed by atoms with Crippen LogP contribution in [0.1, 0.15) is 30.3 Å². The average molecular weight is 492 g/mol. The number of anilines is 2. The number of nitrogens with two attached hydrogens (primary N) is 1. The van der Waals surface area contributed by atoms with Crippen molar-refractivity contribution in [3.8, 4) is 5.69 Å². The molecule has 1 saturated heterocycles. The van der Waals surface area contributed by atoms with Crippen LogP contribution in [0.5, 0.6) is 0 Å². The van der Waals surface area contributed by atoms with Gasteiger partial charge in [-0.25, -0.2) is 14.5 Å². The number of hydrogen-bond acceptors (Lipinski definition) is 7. The van der Waals surface area contributed by atoms with Crippen LogP contribution in [0.25, 0.3) is 22.2 Å². The van der Waals surface area contributed by atoms with Crippen LogP contribution in [0.3, 0.4) is 0 Å². The summed E-state index contributed by atoms with van der Waals surface area (Å²) in [5.41, 5.74) is 5.02. The third kappa shape index (κ3) is 3.44. The first-order chi connectivity index (χ1) is 17.3. The number of nitrogen functional groups attached to an aromatic ring is 1. The standard InChI is InChI=1S/C24H19F3N8O/c25-24(26,27)15-8-4-9-16-18(15)22(36)35(14-6-2-1-3-7-14)19(30-16)17-10-5-12-33(17)21-20-29-11-13-34(20)32-23(28)31-21/h1-4,6-9,11,13,17H,5,10,12H2,(H2,28,32). The Morgan fingerprint density at radius 1 is 1.03 bits per heavy atom. The smallest absolute Gasteiger partial charge is 0.366 e. The quantitative estimate of drug-likeness (QED) is 0.409. The van der Waals surface area contributed by atoms with Crippen molar-refractivity contribution < 1.29 is 13.2 Å². The highest BCUT2D eigenvalue weighted by Gasteiger charge is 2.37. The molecular weight excluding hydrogens is 473 g/mol. The minimum Gasteiger partial charge on any atom is -0.366 e. The largest absolute Gasteiger partial charge is 0.417 e. The number of hydrogen-bond donors (Lipinski definition) is 1. The SMILES string of the molecule is Nc1nc(N2CCCC2c2nc3cccc(C(F)(F)F)c3c(=O)n2-c2ccccc2)c2nccn2n1. The van der Waals surface area contributed by atoms with Gasteiger partial charge in [0.25, 0.3) is 5.56 Å². The van der Waals surface area contributed by atoms with Gasteiger partial charge in [-0.2, -0.15) is 18.2 Å². The molecule has 182 valence electrons. The molecular formula is C24H19F3N8O. The lowest BCUT2D eigenvalue weighted by atomic mass is 10.1. The fourth-order valence-corrected chi connectivity index (χ4v) is 4.84. The molecule has 2 N–H and O–H groups in total. The highest BCUT2D eigenvalue weighted by molar-refractivity contribution is 5.82. The van der Waals surface area contributed by atoms with E-state index in [-0.39, 0.29) is 11.5 Å². The van der Waals surface area contributed by atoms with Crippen molar-refractivity contribution in [2.75, 3.05) is 17.2 Å². The van der Waals surface area contributed by atoms with E-state index in [1.807, 2.05) is 4.90 Å². The molecule has 36 heavy (non-hydrogen) atoms. The maximum atomic E-state index is 13.9. The summed E-state index contributed by atoms with van der Waals surface area (Å²) in [5.74, 6) is 0.827. The van der Waals surface area contributed by atoms with Gasteiger partial charge in [0, 0.05) is 18.9 Å². The first-order valence-corrected chi connectivity index (χ1v) is 11.2. The number of halogens is 3. The topological polar surface area (TPSA) is 107 Å². The monoisotopic (exact) mass is 492 g/mol. The van der Waals surface area contributed by atoms with Gasteiger partial charge in [0.2, 0.25) is 5.95 Å². The van der Waals surface area contributed by atoms with Crippen LogP contribution >= 0.6 is 0 Å². The lowest BCUT2D eigenvalue weighted by Crippen LogP contribution is -2.33.